The number of fused-ring (bicyclic) bond motifs is 2. The Morgan fingerprint density at radius 1 is 1.73 bits per heavy atom. The Morgan fingerprint density at radius 2 is 2.55 bits per heavy atom. The summed E-state index contributed by atoms with van der Waals surface area (Å²) >= 11 is 0. The second kappa shape index (κ2) is 2.35. The average molecular weight is 152 g/mol. The van der Waals surface area contributed by atoms with Crippen molar-refractivity contribution in [3.63, 3.8) is 0 Å². The molecule has 0 aromatic rings. The summed E-state index contributed by atoms with van der Waals surface area (Å²) < 4.78 is 10.3. The molecular formula is C8H8O3. The molecule has 0 aromatic heterocycles. The summed E-state index contributed by atoms with van der Waals surface area (Å²) in [5.41, 5.74) is 0.573. The minimum atomic E-state index is -0.779. The first-order valence-electron chi connectivity index (χ1n) is 3.44. The Labute approximate surface area is 64.6 Å². The molecule has 11 heavy (non-hydrogen) atoms. The molecule has 1 N–H and O–H groups in total. The van der Waals surface area contributed by atoms with Crippen LogP contribution in [0.1, 0.15) is 0 Å². The smallest absolute Gasteiger partial charge is 0.189 e. The Balaban J connectivity index is 2.29. The van der Waals surface area contributed by atoms with Crippen molar-refractivity contribution in [2.24, 2.45) is 0 Å². The van der Waals surface area contributed by atoms with Gasteiger partial charge in [0.2, 0.25) is 0 Å². The van der Waals surface area contributed by atoms with E-state index in [9.17, 15) is 5.11 Å². The van der Waals surface area contributed by atoms with Crippen LogP contribution in [0.3, 0.4) is 0 Å². The van der Waals surface area contributed by atoms with E-state index in [2.05, 4.69) is 5.92 Å². The number of rotatable bonds is 0. The molecule has 2 aliphatic heterocycles. The zero-order valence-corrected chi connectivity index (χ0v) is 5.86. The second-order valence-electron chi connectivity index (χ2n) is 2.59. The van der Waals surface area contributed by atoms with Gasteiger partial charge in [0.25, 0.3) is 0 Å². The maximum Gasteiger partial charge on any atom is 0.189 e. The molecule has 0 aliphatic carbocycles. The molecule has 3 nitrogen and oxygen atoms in total. The van der Waals surface area contributed by atoms with Gasteiger partial charge in [-0.3, -0.25) is 0 Å². The van der Waals surface area contributed by atoms with Gasteiger partial charge in [0.1, 0.15) is 12.2 Å². The van der Waals surface area contributed by atoms with Crippen molar-refractivity contribution < 1.29 is 14.6 Å². The number of terminal acetylenes is 1. The van der Waals surface area contributed by atoms with Crippen molar-refractivity contribution >= 4 is 0 Å². The van der Waals surface area contributed by atoms with Crippen LogP contribution in [0, 0.1) is 12.3 Å². The fraction of sp³-hybridized carbons (Fsp3) is 0.500. The molecule has 1 saturated heterocycles. The summed E-state index contributed by atoms with van der Waals surface area (Å²) in [7, 11) is 0. The van der Waals surface area contributed by atoms with Crippen molar-refractivity contribution in [3.8, 4) is 12.3 Å². The molecule has 2 rings (SSSR count). The fourth-order valence-corrected chi connectivity index (χ4v) is 1.27. The van der Waals surface area contributed by atoms with Crippen molar-refractivity contribution in [3.05, 3.63) is 11.6 Å². The highest BCUT2D eigenvalue weighted by molar-refractivity contribution is 5.33. The lowest BCUT2D eigenvalue weighted by Crippen LogP contribution is -2.32. The third kappa shape index (κ3) is 0.962. The van der Waals surface area contributed by atoms with Gasteiger partial charge in [-0.05, 0) is 6.08 Å². The molecule has 0 aromatic carbocycles. The quantitative estimate of drug-likeness (QED) is 0.483. The van der Waals surface area contributed by atoms with Crippen LogP contribution in [0.15, 0.2) is 11.6 Å². The largest absolute Gasteiger partial charge is 0.382 e. The van der Waals surface area contributed by atoms with E-state index in [0.29, 0.717) is 12.2 Å². The molecule has 58 valence electrons. The minimum absolute atomic E-state index is 0.0607. The first-order chi connectivity index (χ1) is 5.31. The number of hydrogen-bond donors (Lipinski definition) is 1. The third-order valence-corrected chi connectivity index (χ3v) is 1.84. The first-order valence-corrected chi connectivity index (χ1v) is 3.44. The molecule has 2 heterocycles. The first kappa shape index (κ1) is 6.86. The van der Waals surface area contributed by atoms with Crippen molar-refractivity contribution in [1.29, 1.82) is 0 Å². The van der Waals surface area contributed by atoms with E-state index in [4.69, 9.17) is 15.9 Å². The highest BCUT2D eigenvalue weighted by atomic mass is 16.7. The van der Waals surface area contributed by atoms with Gasteiger partial charge in [-0.2, -0.15) is 0 Å². The molecule has 0 saturated carbocycles. The molecule has 3 heteroatoms. The molecule has 3 atom stereocenters. The monoisotopic (exact) mass is 152 g/mol. The molecule has 2 aliphatic rings. The van der Waals surface area contributed by atoms with E-state index in [1.165, 1.54) is 0 Å². The van der Waals surface area contributed by atoms with Gasteiger partial charge in [-0.1, -0.05) is 5.92 Å². The van der Waals surface area contributed by atoms with Gasteiger partial charge in [0, 0.05) is 5.57 Å². The van der Waals surface area contributed by atoms with Crippen LogP contribution >= 0.6 is 0 Å². The van der Waals surface area contributed by atoms with Gasteiger partial charge >= 0.3 is 0 Å². The Kier molecular flexibility index (Phi) is 1.46. The van der Waals surface area contributed by atoms with Crippen LogP contribution < -0.4 is 0 Å². The Bertz CT molecular complexity index is 238. The summed E-state index contributed by atoms with van der Waals surface area (Å²) in [6.45, 7) is 0.493. The molecule has 2 bridgehead atoms. The number of aliphatic hydroxyl groups is 1. The summed E-state index contributed by atoms with van der Waals surface area (Å²) in [5.74, 6) is 2.41. The normalized spacial score (nSPS) is 41.5. The van der Waals surface area contributed by atoms with Crippen molar-refractivity contribution in [1.82, 2.24) is 0 Å². The lowest BCUT2D eigenvalue weighted by Gasteiger charge is -2.21. The maximum atomic E-state index is 9.39. The van der Waals surface area contributed by atoms with Crippen LogP contribution in [0.2, 0.25) is 0 Å². The van der Waals surface area contributed by atoms with E-state index < -0.39 is 12.4 Å². The van der Waals surface area contributed by atoms with Gasteiger partial charge in [-0.25, -0.2) is 0 Å². The van der Waals surface area contributed by atoms with Gasteiger partial charge in [0.05, 0.1) is 6.61 Å². The Morgan fingerprint density at radius 3 is 3.27 bits per heavy atom. The summed E-state index contributed by atoms with van der Waals surface area (Å²) in [6, 6.07) is 0. The zero-order chi connectivity index (χ0) is 7.84. The topological polar surface area (TPSA) is 38.7 Å². The Hall–Kier alpha value is -0.820. The van der Waals surface area contributed by atoms with E-state index in [1.54, 1.807) is 6.08 Å². The zero-order valence-electron chi connectivity index (χ0n) is 5.86. The number of ether oxygens (including phenoxy) is 2. The molecule has 0 unspecified atom stereocenters. The van der Waals surface area contributed by atoms with E-state index in [-0.39, 0.29) is 6.10 Å². The maximum absolute atomic E-state index is 9.39. The van der Waals surface area contributed by atoms with Crippen LogP contribution in [0.4, 0.5) is 0 Å². The lowest BCUT2D eigenvalue weighted by molar-refractivity contribution is -0.118. The summed E-state index contributed by atoms with van der Waals surface area (Å²) in [6.07, 6.45) is 5.50. The van der Waals surface area contributed by atoms with E-state index >= 15 is 0 Å². The predicted octanol–water partition coefficient (Wildman–Crippen LogP) is -0.338. The van der Waals surface area contributed by atoms with Crippen molar-refractivity contribution in [2.75, 3.05) is 6.61 Å². The van der Waals surface area contributed by atoms with Crippen LogP contribution in [-0.4, -0.2) is 30.2 Å². The molecular weight excluding hydrogens is 144 g/mol. The van der Waals surface area contributed by atoms with Gasteiger partial charge in [0.15, 0.2) is 6.29 Å². The van der Waals surface area contributed by atoms with Gasteiger partial charge in [-0.15, -0.1) is 6.42 Å². The van der Waals surface area contributed by atoms with Crippen LogP contribution in [-0.2, 0) is 9.47 Å². The van der Waals surface area contributed by atoms with E-state index in [1.807, 2.05) is 0 Å². The third-order valence-electron chi connectivity index (χ3n) is 1.84. The molecule has 0 radical (unpaired) electrons. The lowest BCUT2D eigenvalue weighted by atomic mass is 10.1. The molecule has 1 fully saturated rings. The van der Waals surface area contributed by atoms with E-state index in [0.717, 1.165) is 0 Å². The highest BCUT2D eigenvalue weighted by Crippen LogP contribution is 2.25. The number of aliphatic hydroxyl groups excluding tert-OH is 1. The fourth-order valence-electron chi connectivity index (χ4n) is 1.27. The summed E-state index contributed by atoms with van der Waals surface area (Å²) in [4.78, 5) is 0. The van der Waals surface area contributed by atoms with Crippen LogP contribution in [0.5, 0.6) is 0 Å². The number of hydrogen-bond acceptors (Lipinski definition) is 3. The molecule has 0 amide bonds. The standard InChI is InChI=1S/C8H8O3/c1-2-5-3-6-4-10-8(11-6)7(5)9/h1,3,6-9H,4H2/t6-,7-,8+/m0/s1. The minimum Gasteiger partial charge on any atom is -0.382 e. The van der Waals surface area contributed by atoms with Crippen LogP contribution in [0.25, 0.3) is 0 Å². The summed E-state index contributed by atoms with van der Waals surface area (Å²) in [5, 5.41) is 9.39. The SMILES string of the molecule is C#CC1=C[C@H]2CO[C@H](O2)[C@H]1O. The molecule has 0 spiro atoms. The second-order valence-corrected chi connectivity index (χ2v) is 2.59. The van der Waals surface area contributed by atoms with Crippen molar-refractivity contribution in [2.45, 2.75) is 18.5 Å². The highest BCUT2D eigenvalue weighted by Gasteiger charge is 2.37. The average Bonchev–Trinajstić information content (AvgIpc) is 2.42. The predicted molar refractivity (Wildman–Crippen MR) is 37.5 cm³/mol. The van der Waals surface area contributed by atoms with Gasteiger partial charge < -0.3 is 14.6 Å².